The maximum absolute atomic E-state index is 9.34. The quantitative estimate of drug-likeness (QED) is 0.909. The molecule has 0 spiro atoms. The SMILES string of the molecule is CC(C)(C)C1CCc2nc3c(CCC#N)c(C#N)[nH]c3cc2C1. The van der Waals surface area contributed by atoms with E-state index in [9.17, 15) is 5.26 Å². The van der Waals surface area contributed by atoms with Gasteiger partial charge >= 0.3 is 0 Å². The number of H-pyrrole nitrogens is 1. The molecule has 4 heteroatoms. The molecule has 23 heavy (non-hydrogen) atoms. The van der Waals surface area contributed by atoms with Gasteiger partial charge in [-0.25, -0.2) is 0 Å². The average Bonchev–Trinajstić information content (AvgIpc) is 2.85. The van der Waals surface area contributed by atoms with E-state index in [4.69, 9.17) is 10.2 Å². The summed E-state index contributed by atoms with van der Waals surface area (Å²) in [6.45, 7) is 6.91. The van der Waals surface area contributed by atoms with Gasteiger partial charge in [-0.2, -0.15) is 10.5 Å². The van der Waals surface area contributed by atoms with Crippen LogP contribution in [0.3, 0.4) is 0 Å². The third-order valence-electron chi connectivity index (χ3n) is 5.06. The number of fused-ring (bicyclic) bond motifs is 2. The summed E-state index contributed by atoms with van der Waals surface area (Å²) < 4.78 is 0. The minimum Gasteiger partial charge on any atom is -0.345 e. The van der Waals surface area contributed by atoms with E-state index in [-0.39, 0.29) is 0 Å². The zero-order valence-corrected chi connectivity index (χ0v) is 14.0. The first-order valence-electron chi connectivity index (χ1n) is 8.24. The molecule has 2 heterocycles. The number of hydrogen-bond acceptors (Lipinski definition) is 3. The molecule has 1 N–H and O–H groups in total. The number of nitriles is 2. The van der Waals surface area contributed by atoms with E-state index in [2.05, 4.69) is 44.0 Å². The van der Waals surface area contributed by atoms with E-state index in [0.29, 0.717) is 29.9 Å². The van der Waals surface area contributed by atoms with Gasteiger partial charge in [0.25, 0.3) is 0 Å². The van der Waals surface area contributed by atoms with Crippen LogP contribution in [0.1, 0.15) is 56.1 Å². The Morgan fingerprint density at radius 2 is 2.13 bits per heavy atom. The highest BCUT2D eigenvalue weighted by atomic mass is 14.8. The Hall–Kier alpha value is -2.33. The molecule has 0 aromatic carbocycles. The Bertz CT molecular complexity index is 824. The number of nitrogens with zero attached hydrogens (tertiary/aromatic N) is 3. The Morgan fingerprint density at radius 1 is 1.35 bits per heavy atom. The Labute approximate surface area is 137 Å². The zero-order chi connectivity index (χ0) is 16.6. The monoisotopic (exact) mass is 306 g/mol. The summed E-state index contributed by atoms with van der Waals surface area (Å²) in [6, 6.07) is 6.54. The molecule has 0 radical (unpaired) electrons. The van der Waals surface area contributed by atoms with Crippen molar-refractivity contribution < 1.29 is 0 Å². The van der Waals surface area contributed by atoms with Gasteiger partial charge in [-0.1, -0.05) is 20.8 Å². The van der Waals surface area contributed by atoms with E-state index in [1.807, 2.05) is 0 Å². The van der Waals surface area contributed by atoms with Crippen LogP contribution in [-0.4, -0.2) is 9.97 Å². The lowest BCUT2D eigenvalue weighted by Gasteiger charge is -2.34. The fraction of sp³-hybridized carbons (Fsp3) is 0.526. The fourth-order valence-corrected chi connectivity index (χ4v) is 3.58. The van der Waals surface area contributed by atoms with Crippen molar-refractivity contribution in [2.45, 2.75) is 52.9 Å². The molecule has 0 saturated heterocycles. The van der Waals surface area contributed by atoms with Gasteiger partial charge in [-0.05, 0) is 48.6 Å². The number of aryl methyl sites for hydroxylation is 2. The Balaban J connectivity index is 2.05. The molecule has 0 saturated carbocycles. The van der Waals surface area contributed by atoms with Gasteiger partial charge < -0.3 is 4.98 Å². The first-order valence-corrected chi connectivity index (χ1v) is 8.24. The van der Waals surface area contributed by atoms with E-state index >= 15 is 0 Å². The molecule has 1 atom stereocenters. The summed E-state index contributed by atoms with van der Waals surface area (Å²) in [5, 5.41) is 18.2. The second-order valence-corrected chi connectivity index (χ2v) is 7.54. The number of rotatable bonds is 2. The third-order valence-corrected chi connectivity index (χ3v) is 5.06. The second kappa shape index (κ2) is 5.70. The molecule has 3 rings (SSSR count). The van der Waals surface area contributed by atoms with Crippen molar-refractivity contribution in [1.82, 2.24) is 9.97 Å². The molecule has 0 bridgehead atoms. The van der Waals surface area contributed by atoms with Crippen molar-refractivity contribution in [3.8, 4) is 12.1 Å². The molecule has 0 amide bonds. The summed E-state index contributed by atoms with van der Waals surface area (Å²) >= 11 is 0. The average molecular weight is 306 g/mol. The Kier molecular flexibility index (Phi) is 3.86. The highest BCUT2D eigenvalue weighted by molar-refractivity contribution is 5.83. The smallest absolute Gasteiger partial charge is 0.123 e. The Morgan fingerprint density at radius 3 is 2.78 bits per heavy atom. The zero-order valence-electron chi connectivity index (χ0n) is 14.0. The van der Waals surface area contributed by atoms with E-state index in [1.54, 1.807) is 0 Å². The molecule has 0 fully saturated rings. The highest BCUT2D eigenvalue weighted by Gasteiger charge is 2.30. The molecule has 118 valence electrons. The minimum atomic E-state index is 0.304. The van der Waals surface area contributed by atoms with Crippen molar-refractivity contribution >= 4 is 11.0 Å². The van der Waals surface area contributed by atoms with Crippen molar-refractivity contribution in [2.24, 2.45) is 11.3 Å². The molecular formula is C19H22N4. The van der Waals surface area contributed by atoms with Crippen LogP contribution in [0.4, 0.5) is 0 Å². The van der Waals surface area contributed by atoms with Gasteiger partial charge in [0, 0.05) is 17.7 Å². The molecule has 1 aliphatic rings. The van der Waals surface area contributed by atoms with E-state index < -0.39 is 0 Å². The van der Waals surface area contributed by atoms with E-state index in [0.717, 1.165) is 35.9 Å². The van der Waals surface area contributed by atoms with Crippen LogP contribution in [0.2, 0.25) is 0 Å². The standard InChI is InChI=1S/C19H22N4/c1-19(2,3)13-6-7-15-12(9-13)10-16-18(23-15)14(5-4-8-20)17(11-21)22-16/h10,13,22H,4-7,9H2,1-3H3. The predicted molar refractivity (Wildman–Crippen MR) is 89.7 cm³/mol. The van der Waals surface area contributed by atoms with Crippen LogP contribution in [0.15, 0.2) is 6.07 Å². The van der Waals surface area contributed by atoms with Crippen molar-refractivity contribution in [1.29, 1.82) is 10.5 Å². The lowest BCUT2D eigenvalue weighted by atomic mass is 9.71. The maximum atomic E-state index is 9.34. The van der Waals surface area contributed by atoms with Crippen LogP contribution >= 0.6 is 0 Å². The van der Waals surface area contributed by atoms with Crippen LogP contribution in [0.25, 0.3) is 11.0 Å². The fourth-order valence-electron chi connectivity index (χ4n) is 3.58. The molecule has 2 aromatic heterocycles. The molecule has 0 aliphatic heterocycles. The normalized spacial score (nSPS) is 17.5. The van der Waals surface area contributed by atoms with Crippen molar-refractivity contribution in [3.05, 3.63) is 28.6 Å². The van der Waals surface area contributed by atoms with Crippen LogP contribution in [0, 0.1) is 34.0 Å². The lowest BCUT2D eigenvalue weighted by Crippen LogP contribution is -2.27. The van der Waals surface area contributed by atoms with Gasteiger partial charge in [0.05, 0.1) is 17.1 Å². The molecule has 4 nitrogen and oxygen atoms in total. The van der Waals surface area contributed by atoms with Crippen LogP contribution in [-0.2, 0) is 19.3 Å². The lowest BCUT2D eigenvalue weighted by molar-refractivity contribution is 0.215. The number of pyridine rings is 1. The molecule has 2 aromatic rings. The largest absolute Gasteiger partial charge is 0.345 e. The molecular weight excluding hydrogens is 284 g/mol. The van der Waals surface area contributed by atoms with Crippen molar-refractivity contribution in [3.63, 3.8) is 0 Å². The van der Waals surface area contributed by atoms with Gasteiger partial charge in [-0.15, -0.1) is 0 Å². The number of aromatic amines is 1. The molecule has 1 unspecified atom stereocenters. The van der Waals surface area contributed by atoms with Gasteiger partial charge in [0.1, 0.15) is 11.8 Å². The summed E-state index contributed by atoms with van der Waals surface area (Å²) in [7, 11) is 0. The summed E-state index contributed by atoms with van der Waals surface area (Å²) in [5.41, 5.74) is 6.04. The van der Waals surface area contributed by atoms with Gasteiger partial charge in [-0.3, -0.25) is 4.98 Å². The van der Waals surface area contributed by atoms with Crippen LogP contribution < -0.4 is 0 Å². The number of aromatic nitrogens is 2. The summed E-state index contributed by atoms with van der Waals surface area (Å²) in [4.78, 5) is 8.06. The summed E-state index contributed by atoms with van der Waals surface area (Å²) in [5.74, 6) is 0.665. The minimum absolute atomic E-state index is 0.304. The topological polar surface area (TPSA) is 76.3 Å². The maximum Gasteiger partial charge on any atom is 0.123 e. The van der Waals surface area contributed by atoms with Crippen LogP contribution in [0.5, 0.6) is 0 Å². The van der Waals surface area contributed by atoms with Gasteiger partial charge in [0.15, 0.2) is 0 Å². The first-order chi connectivity index (χ1) is 10.9. The number of nitrogens with one attached hydrogen (secondary N) is 1. The first kappa shape index (κ1) is 15.6. The van der Waals surface area contributed by atoms with Gasteiger partial charge in [0.2, 0.25) is 0 Å². The predicted octanol–water partition coefficient (Wildman–Crippen LogP) is 4.04. The second-order valence-electron chi connectivity index (χ2n) is 7.54. The highest BCUT2D eigenvalue weighted by Crippen LogP contribution is 2.38. The summed E-state index contributed by atoms with van der Waals surface area (Å²) in [6.07, 6.45) is 4.20. The molecule has 1 aliphatic carbocycles. The number of hydrogen-bond donors (Lipinski definition) is 1. The third kappa shape index (κ3) is 2.82. The van der Waals surface area contributed by atoms with E-state index in [1.165, 1.54) is 11.3 Å². The van der Waals surface area contributed by atoms with Crippen molar-refractivity contribution in [2.75, 3.05) is 0 Å².